The van der Waals surface area contributed by atoms with Crippen LogP contribution in [-0.4, -0.2) is 59.1 Å². The smallest absolute Gasteiger partial charge is 0.315 e. The quantitative estimate of drug-likeness (QED) is 0.254. The molecule has 0 saturated heterocycles. The number of carbonyl (C=O) groups excluding carboxylic acids is 3. The molecule has 2 aromatic heterocycles. The number of benzene rings is 1. The minimum absolute atomic E-state index is 0.0958. The van der Waals surface area contributed by atoms with Gasteiger partial charge in [-0.1, -0.05) is 6.07 Å². The highest BCUT2D eigenvalue weighted by Crippen LogP contribution is 3.06. The van der Waals surface area contributed by atoms with E-state index >= 15 is 0 Å². The first kappa shape index (κ1) is 22.9. The average molecular weight is 561 g/mol. The third-order valence-electron chi connectivity index (χ3n) is 10.7. The van der Waals surface area contributed by atoms with E-state index < -0.39 is 15.9 Å². The van der Waals surface area contributed by atoms with Gasteiger partial charge in [-0.15, -0.1) is 0 Å². The SMILES string of the molecule is CS(=O)(=O)NC12C3C4C1C1C2C3C41CNC(=O)c1cc(C(=O)NCc2ccc3c(c2)CC(=O)O3)nc2ccnn12. The third kappa shape index (κ3) is 2.44. The van der Waals surface area contributed by atoms with Crippen molar-refractivity contribution in [3.63, 3.8) is 0 Å². The van der Waals surface area contributed by atoms with Gasteiger partial charge in [-0.05, 0) is 58.6 Å². The van der Waals surface area contributed by atoms with Gasteiger partial charge in [0.2, 0.25) is 10.0 Å². The van der Waals surface area contributed by atoms with E-state index in [1.807, 2.05) is 6.07 Å². The van der Waals surface area contributed by atoms with E-state index in [-0.39, 0.29) is 47.2 Å². The van der Waals surface area contributed by atoms with Crippen molar-refractivity contribution in [3.8, 4) is 5.75 Å². The van der Waals surface area contributed by atoms with Crippen molar-refractivity contribution in [1.82, 2.24) is 30.0 Å². The first-order valence-electron chi connectivity index (χ1n) is 13.4. The maximum atomic E-state index is 13.4. The molecule has 2 amide bonds. The monoisotopic (exact) mass is 560 g/mol. The van der Waals surface area contributed by atoms with E-state index in [0.29, 0.717) is 53.4 Å². The molecule has 0 bridgehead atoms. The van der Waals surface area contributed by atoms with Gasteiger partial charge in [0.05, 0.1) is 18.9 Å². The highest BCUT2D eigenvalue weighted by molar-refractivity contribution is 7.88. The number of nitrogens with one attached hydrogen (secondary N) is 3. The largest absolute Gasteiger partial charge is 0.426 e. The summed E-state index contributed by atoms with van der Waals surface area (Å²) in [5.74, 6) is 2.15. The number of hydrogen-bond donors (Lipinski definition) is 3. The number of esters is 1. The van der Waals surface area contributed by atoms with Gasteiger partial charge in [-0.25, -0.2) is 22.6 Å². The van der Waals surface area contributed by atoms with Crippen LogP contribution in [0.3, 0.4) is 0 Å². The van der Waals surface area contributed by atoms with E-state index in [4.69, 9.17) is 4.74 Å². The standard InChI is InChI=1S/C27H24N6O6S/c1-40(37,38)32-27-21-18-22(27)20-23(27)19(21)26(18,20)10-29-25(36)14-8-13(31-16-4-5-30-33(14)16)24(35)28-9-11-2-3-15-12(6-11)7-17(34)39-15/h2-6,8,18-23,32H,7,9-10H2,1H3,(H,28,35)(H,29,36). The Hall–Kier alpha value is -3.84. The molecule has 3 N–H and O–H groups in total. The van der Waals surface area contributed by atoms with E-state index in [2.05, 4.69) is 25.4 Å². The molecule has 40 heavy (non-hydrogen) atoms. The molecule has 1 aromatic carbocycles. The number of ether oxygens (including phenoxy) is 1. The Bertz CT molecular complexity index is 1800. The molecule has 10 rings (SSSR count). The molecule has 0 atom stereocenters. The fraction of sp³-hybridized carbons (Fsp3) is 0.444. The van der Waals surface area contributed by atoms with Crippen LogP contribution in [0.4, 0.5) is 0 Å². The van der Waals surface area contributed by atoms with Crippen LogP contribution in [0.15, 0.2) is 36.5 Å². The van der Waals surface area contributed by atoms with Gasteiger partial charge < -0.3 is 15.4 Å². The lowest BCUT2D eigenvalue weighted by atomic mass is 8.94. The summed E-state index contributed by atoms with van der Waals surface area (Å²) in [6.45, 7) is 0.765. The molecule has 13 heteroatoms. The van der Waals surface area contributed by atoms with Crippen LogP contribution < -0.4 is 20.1 Å². The van der Waals surface area contributed by atoms with Crippen LogP contribution in [-0.2, 0) is 27.8 Å². The van der Waals surface area contributed by atoms with Crippen molar-refractivity contribution < 1.29 is 27.5 Å². The molecule has 0 radical (unpaired) electrons. The van der Waals surface area contributed by atoms with Crippen molar-refractivity contribution >= 4 is 33.5 Å². The van der Waals surface area contributed by atoms with Crippen LogP contribution >= 0.6 is 0 Å². The molecule has 6 fully saturated rings. The molecule has 6 aliphatic carbocycles. The Morgan fingerprint density at radius 1 is 1.05 bits per heavy atom. The van der Waals surface area contributed by atoms with E-state index in [9.17, 15) is 22.8 Å². The summed E-state index contributed by atoms with van der Waals surface area (Å²) in [6.07, 6.45) is 2.97. The van der Waals surface area contributed by atoms with Gasteiger partial charge in [0, 0.05) is 36.3 Å². The molecule has 7 aliphatic rings. The Kier molecular flexibility index (Phi) is 3.95. The van der Waals surface area contributed by atoms with Crippen LogP contribution in [0.2, 0.25) is 0 Å². The number of fused-ring (bicyclic) bond motifs is 2. The van der Waals surface area contributed by atoms with E-state index in [1.165, 1.54) is 23.0 Å². The number of sulfonamides is 1. The van der Waals surface area contributed by atoms with Gasteiger partial charge >= 0.3 is 5.97 Å². The minimum atomic E-state index is -3.24. The van der Waals surface area contributed by atoms with Crippen molar-refractivity contribution in [3.05, 3.63) is 59.0 Å². The number of aromatic nitrogens is 3. The molecule has 0 unspecified atom stereocenters. The topological polar surface area (TPSA) is 161 Å². The predicted molar refractivity (Wildman–Crippen MR) is 136 cm³/mol. The second kappa shape index (κ2) is 6.89. The first-order chi connectivity index (χ1) is 19.1. The number of hydrogen-bond acceptors (Lipinski definition) is 8. The van der Waals surface area contributed by atoms with Gasteiger partial charge in [-0.3, -0.25) is 14.4 Å². The highest BCUT2D eigenvalue weighted by atomic mass is 32.2. The van der Waals surface area contributed by atoms with Crippen LogP contribution in [0, 0.1) is 40.9 Å². The summed E-state index contributed by atoms with van der Waals surface area (Å²) in [4.78, 5) is 42.3. The second-order valence-electron chi connectivity index (χ2n) is 12.2. The van der Waals surface area contributed by atoms with E-state index in [0.717, 1.165) is 11.1 Å². The van der Waals surface area contributed by atoms with Crippen molar-refractivity contribution in [2.45, 2.75) is 18.5 Å². The Morgan fingerprint density at radius 2 is 1.80 bits per heavy atom. The van der Waals surface area contributed by atoms with Crippen molar-refractivity contribution in [2.75, 3.05) is 12.8 Å². The minimum Gasteiger partial charge on any atom is -0.426 e. The van der Waals surface area contributed by atoms with Crippen LogP contribution in [0.5, 0.6) is 5.75 Å². The predicted octanol–water partition coefficient (Wildman–Crippen LogP) is -0.110. The Morgan fingerprint density at radius 3 is 2.52 bits per heavy atom. The summed E-state index contributed by atoms with van der Waals surface area (Å²) in [6, 6.07) is 8.41. The number of carbonyl (C=O) groups is 3. The number of nitrogens with zero attached hydrogens (tertiary/aromatic N) is 3. The second-order valence-corrected chi connectivity index (χ2v) is 13.9. The summed E-state index contributed by atoms with van der Waals surface area (Å²) in [7, 11) is -3.24. The lowest BCUT2D eigenvalue weighted by Gasteiger charge is -3.11. The zero-order valence-corrected chi connectivity index (χ0v) is 22.1. The molecular formula is C27H24N6O6S. The zero-order valence-electron chi connectivity index (χ0n) is 21.2. The van der Waals surface area contributed by atoms with E-state index in [1.54, 1.807) is 18.2 Å². The van der Waals surface area contributed by atoms with Gasteiger partial charge in [0.25, 0.3) is 11.8 Å². The first-order valence-corrected chi connectivity index (χ1v) is 15.3. The fourth-order valence-corrected chi connectivity index (χ4v) is 10.8. The summed E-state index contributed by atoms with van der Waals surface area (Å²) >= 11 is 0. The number of amides is 2. The molecule has 0 spiro atoms. The Labute approximate surface area is 227 Å². The highest BCUT2D eigenvalue weighted by Gasteiger charge is 3.10. The molecular weight excluding hydrogens is 536 g/mol. The number of rotatable bonds is 8. The van der Waals surface area contributed by atoms with Crippen LogP contribution in [0.1, 0.15) is 32.1 Å². The van der Waals surface area contributed by atoms with Gasteiger partial charge in [0.15, 0.2) is 5.65 Å². The zero-order chi connectivity index (χ0) is 27.3. The lowest BCUT2D eigenvalue weighted by molar-refractivity contribution is -0.621. The van der Waals surface area contributed by atoms with Crippen molar-refractivity contribution in [2.24, 2.45) is 40.9 Å². The molecule has 12 nitrogen and oxygen atoms in total. The van der Waals surface area contributed by atoms with Gasteiger partial charge in [-0.2, -0.15) is 5.10 Å². The molecule has 3 heterocycles. The van der Waals surface area contributed by atoms with Crippen LogP contribution in [0.25, 0.3) is 5.65 Å². The molecule has 6 saturated carbocycles. The maximum absolute atomic E-state index is 13.4. The molecule has 204 valence electrons. The summed E-state index contributed by atoms with van der Waals surface area (Å²) < 4.78 is 33.2. The Balaban J connectivity index is 0.894. The average Bonchev–Trinajstić information content (AvgIpc) is 3.55. The summed E-state index contributed by atoms with van der Waals surface area (Å²) in [5.41, 5.74) is 2.21. The molecule has 1 aliphatic heterocycles. The van der Waals surface area contributed by atoms with Gasteiger partial charge in [0.1, 0.15) is 17.1 Å². The maximum Gasteiger partial charge on any atom is 0.315 e. The fourth-order valence-electron chi connectivity index (χ4n) is 9.71. The third-order valence-corrected chi connectivity index (χ3v) is 11.4. The van der Waals surface area contributed by atoms with Crippen molar-refractivity contribution in [1.29, 1.82) is 0 Å². The normalized spacial score (nSPS) is 36.2. The lowest BCUT2D eigenvalue weighted by Crippen LogP contribution is -3.15. The molecule has 3 aromatic rings. The summed E-state index contributed by atoms with van der Waals surface area (Å²) in [5, 5.41) is 10.2.